The summed E-state index contributed by atoms with van der Waals surface area (Å²) in [6.45, 7) is 1.48. The number of amides is 1. The van der Waals surface area contributed by atoms with Gasteiger partial charge in [-0.3, -0.25) is 4.79 Å². The van der Waals surface area contributed by atoms with Gasteiger partial charge >= 0.3 is 0 Å². The molecule has 1 aliphatic heterocycles. The van der Waals surface area contributed by atoms with Gasteiger partial charge in [-0.05, 0) is 42.5 Å². The number of hydrogen-bond acceptors (Lipinski definition) is 6. The Labute approximate surface area is 221 Å². The van der Waals surface area contributed by atoms with E-state index in [-0.39, 0.29) is 5.56 Å². The second-order valence-corrected chi connectivity index (χ2v) is 9.30. The summed E-state index contributed by atoms with van der Waals surface area (Å²) in [6, 6.07) is 15.9. The van der Waals surface area contributed by atoms with Crippen LogP contribution in [0.25, 0.3) is 27.9 Å². The van der Waals surface area contributed by atoms with Crippen molar-refractivity contribution in [1.82, 2.24) is 24.5 Å². The molecule has 1 amide bonds. The largest absolute Gasteiger partial charge is 0.496 e. The summed E-state index contributed by atoms with van der Waals surface area (Å²) in [5, 5.41) is 10.3. The number of halogens is 3. The minimum Gasteiger partial charge on any atom is -0.496 e. The Hall–Kier alpha value is -4.31. The monoisotopic (exact) mass is 534 g/mol. The van der Waals surface area contributed by atoms with E-state index < -0.39 is 17.5 Å². The molecule has 3 aromatic carbocycles. The molecular formula is C27H21ClF2N6O2. The summed E-state index contributed by atoms with van der Waals surface area (Å²) in [5.41, 5.74) is 1.86. The first-order chi connectivity index (χ1) is 18.4. The summed E-state index contributed by atoms with van der Waals surface area (Å²) in [4.78, 5) is 21.5. The SMILES string of the molecule is COc1ccccc1-c1nnc2c3ccc(Cl)cc3nc(N3CCN(C(=O)c4ccc(F)cc4F)CC3)n12. The van der Waals surface area contributed by atoms with E-state index in [0.29, 0.717) is 59.9 Å². The molecule has 0 spiro atoms. The number of carbonyl (C=O) groups excluding carboxylic acids is 1. The topological polar surface area (TPSA) is 75.9 Å². The lowest BCUT2D eigenvalue weighted by molar-refractivity contribution is 0.0741. The van der Waals surface area contributed by atoms with Crippen molar-refractivity contribution in [1.29, 1.82) is 0 Å². The van der Waals surface area contributed by atoms with Crippen LogP contribution in [0.5, 0.6) is 5.75 Å². The molecule has 0 aliphatic carbocycles. The van der Waals surface area contributed by atoms with Crippen molar-refractivity contribution in [3.63, 3.8) is 0 Å². The molecule has 1 aliphatic rings. The highest BCUT2D eigenvalue weighted by Gasteiger charge is 2.28. The number of piperazine rings is 1. The predicted molar refractivity (Wildman–Crippen MR) is 140 cm³/mol. The second kappa shape index (κ2) is 9.53. The Morgan fingerprint density at radius 1 is 0.974 bits per heavy atom. The van der Waals surface area contributed by atoms with Crippen LogP contribution in [0, 0.1) is 11.6 Å². The molecule has 1 fully saturated rings. The first-order valence-electron chi connectivity index (χ1n) is 11.9. The van der Waals surface area contributed by atoms with Gasteiger partial charge in [0.25, 0.3) is 5.91 Å². The molecule has 38 heavy (non-hydrogen) atoms. The van der Waals surface area contributed by atoms with Gasteiger partial charge in [0, 0.05) is 42.7 Å². The van der Waals surface area contributed by atoms with Crippen LogP contribution in [0.3, 0.4) is 0 Å². The molecule has 8 nitrogen and oxygen atoms in total. The molecule has 192 valence electrons. The number of methoxy groups -OCH3 is 1. The van der Waals surface area contributed by atoms with Crippen LogP contribution in [-0.2, 0) is 0 Å². The van der Waals surface area contributed by atoms with Gasteiger partial charge in [0.1, 0.15) is 17.4 Å². The summed E-state index contributed by atoms with van der Waals surface area (Å²) in [5.74, 6) is -0.303. The third-order valence-corrected chi connectivity index (χ3v) is 6.88. The maximum absolute atomic E-state index is 14.2. The fraction of sp³-hybridized carbons (Fsp3) is 0.185. The number of para-hydroxylation sites is 1. The molecule has 0 N–H and O–H groups in total. The van der Waals surface area contributed by atoms with E-state index in [9.17, 15) is 13.6 Å². The first-order valence-corrected chi connectivity index (χ1v) is 12.3. The highest BCUT2D eigenvalue weighted by atomic mass is 35.5. The van der Waals surface area contributed by atoms with Gasteiger partial charge in [-0.2, -0.15) is 0 Å². The zero-order valence-electron chi connectivity index (χ0n) is 20.2. The Bertz CT molecular complexity index is 1700. The fourth-order valence-electron chi connectivity index (χ4n) is 4.75. The van der Waals surface area contributed by atoms with Gasteiger partial charge in [0.15, 0.2) is 11.5 Å². The molecule has 0 bridgehead atoms. The number of anilines is 1. The maximum Gasteiger partial charge on any atom is 0.256 e. The molecule has 0 atom stereocenters. The third-order valence-electron chi connectivity index (χ3n) is 6.64. The molecule has 5 aromatic rings. The van der Waals surface area contributed by atoms with E-state index in [0.717, 1.165) is 23.1 Å². The highest BCUT2D eigenvalue weighted by molar-refractivity contribution is 6.31. The number of rotatable bonds is 4. The summed E-state index contributed by atoms with van der Waals surface area (Å²) >= 11 is 6.27. The average Bonchev–Trinajstić information content (AvgIpc) is 3.37. The van der Waals surface area contributed by atoms with E-state index in [2.05, 4.69) is 10.2 Å². The Kier molecular flexibility index (Phi) is 6.03. The fourth-order valence-corrected chi connectivity index (χ4v) is 4.92. The van der Waals surface area contributed by atoms with E-state index in [1.54, 1.807) is 24.1 Å². The average molecular weight is 535 g/mol. The molecule has 6 rings (SSSR count). The number of benzene rings is 3. The van der Waals surface area contributed by atoms with Gasteiger partial charge in [0.05, 0.1) is 23.8 Å². The molecule has 0 unspecified atom stereocenters. The van der Waals surface area contributed by atoms with Crippen molar-refractivity contribution >= 4 is 40.0 Å². The molecule has 2 aromatic heterocycles. The van der Waals surface area contributed by atoms with E-state index >= 15 is 0 Å². The first kappa shape index (κ1) is 24.1. The van der Waals surface area contributed by atoms with Crippen LogP contribution in [-0.4, -0.2) is 63.7 Å². The van der Waals surface area contributed by atoms with Crippen molar-refractivity contribution in [3.05, 3.63) is 82.9 Å². The van der Waals surface area contributed by atoms with Gasteiger partial charge in [-0.1, -0.05) is 23.7 Å². The number of nitrogens with zero attached hydrogens (tertiary/aromatic N) is 6. The normalized spacial score (nSPS) is 13.9. The van der Waals surface area contributed by atoms with Crippen LogP contribution < -0.4 is 9.64 Å². The molecular weight excluding hydrogens is 514 g/mol. The van der Waals surface area contributed by atoms with Crippen LogP contribution in [0.2, 0.25) is 5.02 Å². The Morgan fingerprint density at radius 3 is 2.53 bits per heavy atom. The lowest BCUT2D eigenvalue weighted by Crippen LogP contribution is -2.49. The zero-order chi connectivity index (χ0) is 26.4. The lowest BCUT2D eigenvalue weighted by Gasteiger charge is -2.35. The van der Waals surface area contributed by atoms with Crippen LogP contribution in [0.4, 0.5) is 14.7 Å². The number of carbonyl (C=O) groups is 1. The van der Waals surface area contributed by atoms with E-state index in [1.165, 1.54) is 6.07 Å². The number of fused-ring (bicyclic) bond motifs is 3. The molecule has 3 heterocycles. The van der Waals surface area contributed by atoms with Gasteiger partial charge in [-0.15, -0.1) is 10.2 Å². The summed E-state index contributed by atoms with van der Waals surface area (Å²) < 4.78 is 35.0. The smallest absolute Gasteiger partial charge is 0.256 e. The number of aromatic nitrogens is 4. The van der Waals surface area contributed by atoms with Crippen molar-refractivity contribution in [3.8, 4) is 17.1 Å². The van der Waals surface area contributed by atoms with Crippen molar-refractivity contribution < 1.29 is 18.3 Å². The molecule has 0 saturated carbocycles. The zero-order valence-corrected chi connectivity index (χ0v) is 21.0. The standard InChI is InChI=1S/C27H21ClF2N6O2/c1-38-23-5-3-2-4-20(23)25-33-32-24-19-8-6-16(28)14-22(19)31-27(36(24)25)35-12-10-34(11-13-35)26(37)18-9-7-17(29)15-21(18)30/h2-9,14-15H,10-13H2,1H3. The van der Waals surface area contributed by atoms with Crippen molar-refractivity contribution in [2.24, 2.45) is 0 Å². The Morgan fingerprint density at radius 2 is 1.76 bits per heavy atom. The van der Waals surface area contributed by atoms with Gasteiger partial charge < -0.3 is 14.5 Å². The lowest BCUT2D eigenvalue weighted by atomic mass is 10.1. The summed E-state index contributed by atoms with van der Waals surface area (Å²) in [7, 11) is 1.60. The van der Waals surface area contributed by atoms with Crippen LogP contribution in [0.1, 0.15) is 10.4 Å². The van der Waals surface area contributed by atoms with Crippen LogP contribution >= 0.6 is 11.6 Å². The number of hydrogen-bond donors (Lipinski definition) is 0. The minimum absolute atomic E-state index is 0.155. The van der Waals surface area contributed by atoms with Crippen LogP contribution in [0.15, 0.2) is 60.7 Å². The third kappa shape index (κ3) is 4.06. The Balaban J connectivity index is 1.41. The van der Waals surface area contributed by atoms with Gasteiger partial charge in [0.2, 0.25) is 5.95 Å². The van der Waals surface area contributed by atoms with Crippen molar-refractivity contribution in [2.75, 3.05) is 38.2 Å². The maximum atomic E-state index is 14.2. The minimum atomic E-state index is -0.877. The highest BCUT2D eigenvalue weighted by Crippen LogP contribution is 2.34. The van der Waals surface area contributed by atoms with E-state index in [4.69, 9.17) is 21.3 Å². The van der Waals surface area contributed by atoms with E-state index in [1.807, 2.05) is 39.6 Å². The second-order valence-electron chi connectivity index (χ2n) is 8.86. The quantitative estimate of drug-likeness (QED) is 0.328. The molecule has 11 heteroatoms. The van der Waals surface area contributed by atoms with Crippen molar-refractivity contribution in [2.45, 2.75) is 0 Å². The predicted octanol–water partition coefficient (Wildman–Crippen LogP) is 4.85. The van der Waals surface area contributed by atoms with Gasteiger partial charge in [-0.25, -0.2) is 18.2 Å². The molecule has 0 radical (unpaired) electrons. The molecule has 1 saturated heterocycles. The number of ether oxygens (including phenoxy) is 1. The summed E-state index contributed by atoms with van der Waals surface area (Å²) in [6.07, 6.45) is 0.